The molecule has 28 heavy (non-hydrogen) atoms. The van der Waals surface area contributed by atoms with E-state index >= 15 is 0 Å². The van der Waals surface area contributed by atoms with Crippen molar-refractivity contribution in [1.29, 1.82) is 0 Å². The van der Waals surface area contributed by atoms with Gasteiger partial charge in [-0.1, -0.05) is 25.8 Å². The van der Waals surface area contributed by atoms with E-state index in [1.807, 2.05) is 13.8 Å². The molecule has 7 heteroatoms. The summed E-state index contributed by atoms with van der Waals surface area (Å²) in [5.41, 5.74) is 0.566. The molecule has 0 radical (unpaired) electrons. The molecule has 0 unspecified atom stereocenters. The third-order valence-corrected chi connectivity index (χ3v) is 5.22. The van der Waals surface area contributed by atoms with Gasteiger partial charge in [0.1, 0.15) is 5.57 Å². The Kier molecular flexibility index (Phi) is 6.02. The highest BCUT2D eigenvalue weighted by Crippen LogP contribution is 2.31. The van der Waals surface area contributed by atoms with Gasteiger partial charge in [-0.3, -0.25) is 19.8 Å². The number of ether oxygens (including phenoxy) is 2. The zero-order valence-corrected chi connectivity index (χ0v) is 16.5. The summed E-state index contributed by atoms with van der Waals surface area (Å²) in [7, 11) is 1.54. The highest BCUT2D eigenvalue weighted by atomic mass is 16.5. The maximum absolute atomic E-state index is 12.9. The van der Waals surface area contributed by atoms with Crippen molar-refractivity contribution >= 4 is 23.9 Å². The monoisotopic (exact) mass is 386 g/mol. The molecule has 1 aromatic carbocycles. The van der Waals surface area contributed by atoms with Crippen LogP contribution in [-0.2, 0) is 9.59 Å². The van der Waals surface area contributed by atoms with Crippen molar-refractivity contribution in [2.24, 2.45) is 0 Å². The summed E-state index contributed by atoms with van der Waals surface area (Å²) in [6, 6.07) is 4.44. The Morgan fingerprint density at radius 1 is 1.21 bits per heavy atom. The Balaban J connectivity index is 1.89. The van der Waals surface area contributed by atoms with Gasteiger partial charge in [0.15, 0.2) is 11.5 Å². The normalized spacial score (nSPS) is 20.5. The number of methoxy groups -OCH3 is 1. The van der Waals surface area contributed by atoms with Crippen molar-refractivity contribution in [2.45, 2.75) is 58.1 Å². The number of nitrogens with one attached hydrogen (secondary N) is 1. The quantitative estimate of drug-likeness (QED) is 0.599. The van der Waals surface area contributed by atoms with E-state index in [0.717, 1.165) is 32.1 Å². The van der Waals surface area contributed by atoms with Gasteiger partial charge in [0, 0.05) is 6.04 Å². The predicted octanol–water partition coefficient (Wildman–Crippen LogP) is 3.28. The van der Waals surface area contributed by atoms with E-state index in [0.29, 0.717) is 17.1 Å². The average Bonchev–Trinajstić information content (AvgIpc) is 3.20. The molecule has 1 saturated carbocycles. The van der Waals surface area contributed by atoms with Crippen LogP contribution in [0.4, 0.5) is 4.79 Å². The smallest absolute Gasteiger partial charge is 0.331 e. The number of imide groups is 2. The minimum Gasteiger partial charge on any atom is -0.493 e. The number of barbiturate groups is 1. The molecule has 1 saturated heterocycles. The fourth-order valence-electron chi connectivity index (χ4n) is 3.50. The molecule has 2 aliphatic rings. The first kappa shape index (κ1) is 19.9. The maximum Gasteiger partial charge on any atom is 0.331 e. The van der Waals surface area contributed by atoms with Crippen molar-refractivity contribution in [3.63, 3.8) is 0 Å². The second kappa shape index (κ2) is 8.46. The van der Waals surface area contributed by atoms with Crippen LogP contribution in [0, 0.1) is 0 Å². The lowest BCUT2D eigenvalue weighted by atomic mass is 10.0. The Bertz CT molecular complexity index is 811. The number of benzene rings is 1. The van der Waals surface area contributed by atoms with Crippen molar-refractivity contribution in [2.75, 3.05) is 7.11 Å². The molecular formula is C21H26N2O5. The summed E-state index contributed by atoms with van der Waals surface area (Å²) in [5, 5.41) is 2.28. The van der Waals surface area contributed by atoms with Gasteiger partial charge in [-0.15, -0.1) is 0 Å². The molecular weight excluding hydrogens is 360 g/mol. The van der Waals surface area contributed by atoms with Gasteiger partial charge in [0.05, 0.1) is 13.2 Å². The number of nitrogens with zero attached hydrogens (tertiary/aromatic N) is 1. The van der Waals surface area contributed by atoms with Gasteiger partial charge < -0.3 is 9.47 Å². The van der Waals surface area contributed by atoms with E-state index in [4.69, 9.17) is 9.47 Å². The summed E-state index contributed by atoms with van der Waals surface area (Å²) in [6.07, 6.45) is 5.88. The summed E-state index contributed by atoms with van der Waals surface area (Å²) in [5.74, 6) is -0.106. The Labute approximate surface area is 164 Å². The minimum absolute atomic E-state index is 0.0368. The van der Waals surface area contributed by atoms with Crippen LogP contribution in [-0.4, -0.2) is 42.0 Å². The summed E-state index contributed by atoms with van der Waals surface area (Å²) in [6.45, 7) is 4.00. The van der Waals surface area contributed by atoms with Crippen LogP contribution in [0.25, 0.3) is 6.08 Å². The van der Waals surface area contributed by atoms with Crippen LogP contribution in [0.1, 0.15) is 51.5 Å². The molecule has 1 aromatic rings. The molecule has 3 rings (SSSR count). The highest BCUT2D eigenvalue weighted by molar-refractivity contribution is 6.31. The topological polar surface area (TPSA) is 84.9 Å². The number of hydrogen-bond donors (Lipinski definition) is 1. The SMILES string of the molecule is CC[C@@H](C)Oc1ccc(/C=C2\C(=O)NC(=O)N(C3CCCC3)C2=O)cc1OC. The molecule has 4 amide bonds. The molecule has 1 atom stereocenters. The Hall–Kier alpha value is -2.83. The third kappa shape index (κ3) is 4.03. The lowest BCUT2D eigenvalue weighted by molar-refractivity contribution is -0.131. The molecule has 1 aliphatic heterocycles. The van der Waals surface area contributed by atoms with Gasteiger partial charge in [-0.2, -0.15) is 0 Å². The molecule has 1 aliphatic carbocycles. The van der Waals surface area contributed by atoms with Gasteiger partial charge in [-0.05, 0) is 50.0 Å². The number of hydrogen-bond acceptors (Lipinski definition) is 5. The van der Waals surface area contributed by atoms with Crippen LogP contribution in [0.2, 0.25) is 0 Å². The minimum atomic E-state index is -0.678. The zero-order valence-electron chi connectivity index (χ0n) is 16.5. The first-order valence-corrected chi connectivity index (χ1v) is 9.69. The summed E-state index contributed by atoms with van der Waals surface area (Å²) in [4.78, 5) is 38.5. The fourth-order valence-corrected chi connectivity index (χ4v) is 3.50. The molecule has 0 spiro atoms. The van der Waals surface area contributed by atoms with Crippen LogP contribution < -0.4 is 14.8 Å². The number of carbonyl (C=O) groups excluding carboxylic acids is 3. The number of urea groups is 1. The lowest BCUT2D eigenvalue weighted by Gasteiger charge is -2.31. The second-order valence-corrected chi connectivity index (χ2v) is 7.18. The molecule has 1 heterocycles. The van der Waals surface area contributed by atoms with Gasteiger partial charge in [-0.25, -0.2) is 4.79 Å². The van der Waals surface area contributed by atoms with Crippen molar-refractivity contribution < 1.29 is 23.9 Å². The standard InChI is InChI=1S/C21H26N2O5/c1-4-13(2)28-17-10-9-14(12-18(17)27-3)11-16-19(24)22-21(26)23(20(16)25)15-7-5-6-8-15/h9-13,15H,4-8H2,1-3H3,(H,22,24,26)/b16-11+/t13-/m1/s1. The number of carbonyl (C=O) groups is 3. The van der Waals surface area contributed by atoms with E-state index < -0.39 is 17.8 Å². The predicted molar refractivity (Wildman–Crippen MR) is 104 cm³/mol. The van der Waals surface area contributed by atoms with Gasteiger partial charge in [0.2, 0.25) is 0 Å². The number of amides is 4. The van der Waals surface area contributed by atoms with E-state index in [1.165, 1.54) is 18.1 Å². The summed E-state index contributed by atoms with van der Waals surface area (Å²) >= 11 is 0. The Morgan fingerprint density at radius 3 is 2.57 bits per heavy atom. The van der Waals surface area contributed by atoms with E-state index in [-0.39, 0.29) is 17.7 Å². The molecule has 0 bridgehead atoms. The molecule has 7 nitrogen and oxygen atoms in total. The van der Waals surface area contributed by atoms with Crippen LogP contribution in [0.5, 0.6) is 11.5 Å². The zero-order chi connectivity index (χ0) is 20.3. The first-order chi connectivity index (χ1) is 13.4. The van der Waals surface area contributed by atoms with Crippen LogP contribution in [0.15, 0.2) is 23.8 Å². The van der Waals surface area contributed by atoms with Crippen LogP contribution in [0.3, 0.4) is 0 Å². The third-order valence-electron chi connectivity index (χ3n) is 5.22. The van der Waals surface area contributed by atoms with E-state index in [2.05, 4.69) is 5.32 Å². The number of rotatable bonds is 6. The second-order valence-electron chi connectivity index (χ2n) is 7.18. The van der Waals surface area contributed by atoms with Crippen molar-refractivity contribution in [3.05, 3.63) is 29.3 Å². The van der Waals surface area contributed by atoms with Crippen LogP contribution >= 0.6 is 0 Å². The molecule has 1 N–H and O–H groups in total. The van der Waals surface area contributed by atoms with Crippen molar-refractivity contribution in [3.8, 4) is 11.5 Å². The Morgan fingerprint density at radius 2 is 1.93 bits per heavy atom. The average molecular weight is 386 g/mol. The van der Waals surface area contributed by atoms with Gasteiger partial charge in [0.25, 0.3) is 11.8 Å². The molecule has 150 valence electrons. The largest absolute Gasteiger partial charge is 0.493 e. The molecule has 2 fully saturated rings. The first-order valence-electron chi connectivity index (χ1n) is 9.69. The lowest BCUT2D eigenvalue weighted by Crippen LogP contribution is -2.57. The van der Waals surface area contributed by atoms with Crippen molar-refractivity contribution in [1.82, 2.24) is 10.2 Å². The van der Waals surface area contributed by atoms with E-state index in [9.17, 15) is 14.4 Å². The highest BCUT2D eigenvalue weighted by Gasteiger charge is 2.40. The fraction of sp³-hybridized carbons (Fsp3) is 0.476. The van der Waals surface area contributed by atoms with E-state index in [1.54, 1.807) is 18.2 Å². The maximum atomic E-state index is 12.9. The molecule has 0 aromatic heterocycles. The summed E-state index contributed by atoms with van der Waals surface area (Å²) < 4.78 is 11.2. The van der Waals surface area contributed by atoms with Gasteiger partial charge >= 0.3 is 6.03 Å².